The van der Waals surface area contributed by atoms with Gasteiger partial charge in [-0.05, 0) is 44.5 Å². The summed E-state index contributed by atoms with van der Waals surface area (Å²) in [5, 5.41) is 9.45. The fourth-order valence-electron chi connectivity index (χ4n) is 3.07. The van der Waals surface area contributed by atoms with E-state index in [0.29, 0.717) is 12.7 Å². The molecule has 2 aliphatic heterocycles. The third-order valence-electron chi connectivity index (χ3n) is 4.59. The van der Waals surface area contributed by atoms with Gasteiger partial charge in [0.05, 0.1) is 0 Å². The van der Waals surface area contributed by atoms with Crippen LogP contribution >= 0.6 is 0 Å². The second-order valence-electron chi connectivity index (χ2n) is 5.93. The second-order valence-corrected chi connectivity index (χ2v) is 5.93. The van der Waals surface area contributed by atoms with Crippen molar-refractivity contribution in [1.82, 2.24) is 4.90 Å². The van der Waals surface area contributed by atoms with Gasteiger partial charge in [0.2, 0.25) is 6.79 Å². The Labute approximate surface area is 113 Å². The van der Waals surface area contributed by atoms with Gasteiger partial charge in [-0.25, -0.2) is 0 Å². The Balaban J connectivity index is 1.75. The van der Waals surface area contributed by atoms with Crippen LogP contribution in [0.5, 0.6) is 11.5 Å². The van der Waals surface area contributed by atoms with Gasteiger partial charge in [0.1, 0.15) is 0 Å². The van der Waals surface area contributed by atoms with Crippen molar-refractivity contribution < 1.29 is 14.6 Å². The molecule has 0 bridgehead atoms. The van der Waals surface area contributed by atoms with Crippen LogP contribution in [-0.2, 0) is 6.54 Å². The SMILES string of the molecule is CC1(C)C(CO)CCN1Cc1ccc2c(c1)OCO2. The van der Waals surface area contributed by atoms with Crippen LogP contribution in [0.1, 0.15) is 25.8 Å². The number of aliphatic hydroxyl groups excluding tert-OH is 1. The molecule has 2 aliphatic rings. The monoisotopic (exact) mass is 263 g/mol. The van der Waals surface area contributed by atoms with Crippen molar-refractivity contribution in [2.24, 2.45) is 5.92 Å². The first-order valence-corrected chi connectivity index (χ1v) is 6.85. The Morgan fingerprint density at radius 3 is 2.84 bits per heavy atom. The zero-order valence-corrected chi connectivity index (χ0v) is 11.6. The fraction of sp³-hybridized carbons (Fsp3) is 0.600. The molecule has 4 nitrogen and oxygen atoms in total. The minimum atomic E-state index is 0.0467. The fourth-order valence-corrected chi connectivity index (χ4v) is 3.07. The first-order valence-electron chi connectivity index (χ1n) is 6.85. The molecule has 1 saturated heterocycles. The third kappa shape index (κ3) is 2.19. The van der Waals surface area contributed by atoms with Crippen LogP contribution in [0.15, 0.2) is 18.2 Å². The molecular weight excluding hydrogens is 242 g/mol. The van der Waals surface area contributed by atoms with E-state index in [9.17, 15) is 5.11 Å². The number of fused-ring (bicyclic) bond motifs is 1. The molecule has 1 fully saturated rings. The molecule has 3 rings (SSSR count). The van der Waals surface area contributed by atoms with E-state index < -0.39 is 0 Å². The molecule has 4 heteroatoms. The number of likely N-dealkylation sites (tertiary alicyclic amines) is 1. The molecule has 0 amide bonds. The quantitative estimate of drug-likeness (QED) is 0.906. The molecule has 0 aliphatic carbocycles. The third-order valence-corrected chi connectivity index (χ3v) is 4.59. The summed E-state index contributed by atoms with van der Waals surface area (Å²) in [4.78, 5) is 2.44. The van der Waals surface area contributed by atoms with Gasteiger partial charge < -0.3 is 14.6 Å². The first kappa shape index (κ1) is 12.8. The maximum Gasteiger partial charge on any atom is 0.231 e. The van der Waals surface area contributed by atoms with Gasteiger partial charge in [-0.15, -0.1) is 0 Å². The maximum atomic E-state index is 9.45. The average Bonchev–Trinajstić information content (AvgIpc) is 2.94. The Morgan fingerprint density at radius 2 is 2.11 bits per heavy atom. The van der Waals surface area contributed by atoms with Gasteiger partial charge in [0.15, 0.2) is 11.5 Å². The molecule has 1 aromatic carbocycles. The highest BCUT2D eigenvalue weighted by Gasteiger charge is 2.40. The summed E-state index contributed by atoms with van der Waals surface area (Å²) in [6, 6.07) is 6.13. The molecule has 0 spiro atoms. The first-order chi connectivity index (χ1) is 9.11. The number of hydrogen-bond donors (Lipinski definition) is 1. The average molecular weight is 263 g/mol. The highest BCUT2D eigenvalue weighted by Crippen LogP contribution is 2.37. The molecule has 104 valence electrons. The Kier molecular flexibility index (Phi) is 3.15. The Hall–Kier alpha value is -1.26. The van der Waals surface area contributed by atoms with Gasteiger partial charge in [-0.3, -0.25) is 4.90 Å². The van der Waals surface area contributed by atoms with E-state index in [1.807, 2.05) is 6.07 Å². The number of rotatable bonds is 3. The summed E-state index contributed by atoms with van der Waals surface area (Å²) in [5.41, 5.74) is 1.28. The molecule has 0 saturated carbocycles. The highest BCUT2D eigenvalue weighted by atomic mass is 16.7. The minimum Gasteiger partial charge on any atom is -0.454 e. The minimum absolute atomic E-state index is 0.0467. The van der Waals surface area contributed by atoms with Crippen LogP contribution in [0.2, 0.25) is 0 Å². The van der Waals surface area contributed by atoms with Crippen molar-refractivity contribution in [3.05, 3.63) is 23.8 Å². The molecule has 19 heavy (non-hydrogen) atoms. The van der Waals surface area contributed by atoms with Crippen LogP contribution in [0, 0.1) is 5.92 Å². The molecule has 0 radical (unpaired) electrons. The van der Waals surface area contributed by atoms with E-state index in [1.54, 1.807) is 0 Å². The number of aliphatic hydroxyl groups is 1. The predicted molar refractivity (Wildman–Crippen MR) is 72.2 cm³/mol. The van der Waals surface area contributed by atoms with E-state index in [-0.39, 0.29) is 12.1 Å². The lowest BCUT2D eigenvalue weighted by Gasteiger charge is -2.35. The van der Waals surface area contributed by atoms with Crippen molar-refractivity contribution in [3.63, 3.8) is 0 Å². The van der Waals surface area contributed by atoms with Crippen LogP contribution in [-0.4, -0.2) is 35.5 Å². The molecule has 1 atom stereocenters. The van der Waals surface area contributed by atoms with Crippen molar-refractivity contribution in [1.29, 1.82) is 0 Å². The van der Waals surface area contributed by atoms with Gasteiger partial charge in [0.25, 0.3) is 0 Å². The van der Waals surface area contributed by atoms with Crippen molar-refractivity contribution in [2.45, 2.75) is 32.4 Å². The van der Waals surface area contributed by atoms with Crippen molar-refractivity contribution >= 4 is 0 Å². The van der Waals surface area contributed by atoms with E-state index in [2.05, 4.69) is 30.9 Å². The van der Waals surface area contributed by atoms with E-state index in [0.717, 1.165) is 31.0 Å². The summed E-state index contributed by atoms with van der Waals surface area (Å²) in [5.74, 6) is 2.03. The predicted octanol–water partition coefficient (Wildman–Crippen LogP) is 2.01. The summed E-state index contributed by atoms with van der Waals surface area (Å²) in [6.45, 7) is 6.94. The van der Waals surface area contributed by atoms with Gasteiger partial charge >= 0.3 is 0 Å². The smallest absolute Gasteiger partial charge is 0.231 e. The van der Waals surface area contributed by atoms with Gasteiger partial charge in [-0.1, -0.05) is 6.07 Å². The number of hydrogen-bond acceptors (Lipinski definition) is 4. The lowest BCUT2D eigenvalue weighted by atomic mass is 9.89. The van der Waals surface area contributed by atoms with Gasteiger partial charge in [-0.2, -0.15) is 0 Å². The zero-order valence-electron chi connectivity index (χ0n) is 11.6. The molecule has 1 unspecified atom stereocenters. The molecule has 1 N–H and O–H groups in total. The highest BCUT2D eigenvalue weighted by molar-refractivity contribution is 5.44. The standard InChI is InChI=1S/C15H21NO3/c1-15(2)12(9-17)5-6-16(15)8-11-3-4-13-14(7-11)19-10-18-13/h3-4,7,12,17H,5-6,8-10H2,1-2H3. The van der Waals surface area contributed by atoms with Crippen LogP contribution < -0.4 is 9.47 Å². The molecule has 0 aromatic heterocycles. The van der Waals surface area contributed by atoms with Crippen molar-refractivity contribution in [2.75, 3.05) is 19.9 Å². The summed E-state index contributed by atoms with van der Waals surface area (Å²) in [6.07, 6.45) is 1.06. The van der Waals surface area contributed by atoms with E-state index in [4.69, 9.17) is 9.47 Å². The van der Waals surface area contributed by atoms with Crippen LogP contribution in [0.25, 0.3) is 0 Å². The maximum absolute atomic E-state index is 9.45. The number of nitrogens with zero attached hydrogens (tertiary/aromatic N) is 1. The Morgan fingerprint density at radius 1 is 1.32 bits per heavy atom. The van der Waals surface area contributed by atoms with Gasteiger partial charge in [0, 0.05) is 24.6 Å². The summed E-state index contributed by atoms with van der Waals surface area (Å²) >= 11 is 0. The zero-order chi connectivity index (χ0) is 13.5. The summed E-state index contributed by atoms with van der Waals surface area (Å²) < 4.78 is 10.7. The number of benzene rings is 1. The van der Waals surface area contributed by atoms with E-state index >= 15 is 0 Å². The lowest BCUT2D eigenvalue weighted by molar-refractivity contribution is 0.0946. The van der Waals surface area contributed by atoms with Crippen molar-refractivity contribution in [3.8, 4) is 11.5 Å². The largest absolute Gasteiger partial charge is 0.454 e. The van der Waals surface area contributed by atoms with Crippen LogP contribution in [0.4, 0.5) is 0 Å². The second kappa shape index (κ2) is 4.69. The van der Waals surface area contributed by atoms with E-state index in [1.165, 1.54) is 5.56 Å². The lowest BCUT2D eigenvalue weighted by Crippen LogP contribution is -2.43. The molecule has 2 heterocycles. The Bertz CT molecular complexity index is 472. The number of ether oxygens (including phenoxy) is 2. The normalized spacial score (nSPS) is 24.9. The topological polar surface area (TPSA) is 41.9 Å². The molecular formula is C15H21NO3. The summed E-state index contributed by atoms with van der Waals surface area (Å²) in [7, 11) is 0. The molecule has 1 aromatic rings. The van der Waals surface area contributed by atoms with Crippen LogP contribution in [0.3, 0.4) is 0 Å².